The highest BCUT2D eigenvalue weighted by Gasteiger charge is 2.15. The van der Waals surface area contributed by atoms with Crippen LogP contribution in [0.3, 0.4) is 0 Å². The van der Waals surface area contributed by atoms with Crippen LogP contribution < -0.4 is 11.1 Å². The smallest absolute Gasteiger partial charge is 0.252 e. The van der Waals surface area contributed by atoms with E-state index in [1.54, 1.807) is 0 Å². The van der Waals surface area contributed by atoms with Crippen molar-refractivity contribution in [2.45, 2.75) is 19.9 Å². The average molecular weight is 279 g/mol. The Hall–Kier alpha value is -1.95. The van der Waals surface area contributed by atoms with Crippen LogP contribution in [0.5, 0.6) is 0 Å². The Morgan fingerprint density at radius 2 is 2.21 bits per heavy atom. The first-order chi connectivity index (χ1) is 8.95. The topological polar surface area (TPSA) is 68.0 Å². The normalized spacial score (nSPS) is 12.2. The van der Waals surface area contributed by atoms with Gasteiger partial charge in [0.05, 0.1) is 6.04 Å². The van der Waals surface area contributed by atoms with Crippen LogP contribution >= 0.6 is 11.3 Å². The zero-order chi connectivity index (χ0) is 14.0. The summed E-state index contributed by atoms with van der Waals surface area (Å²) in [5, 5.41) is 5.50. The quantitative estimate of drug-likeness (QED) is 0.849. The van der Waals surface area contributed by atoms with Gasteiger partial charge in [0.15, 0.2) is 0 Å². The minimum Gasteiger partial charge on any atom is -0.399 e. The number of nitrogens with two attached hydrogens (primary N) is 1. The van der Waals surface area contributed by atoms with Crippen LogP contribution in [0, 0.1) is 12.7 Å². The number of anilines is 1. The van der Waals surface area contributed by atoms with Gasteiger partial charge in [-0.15, -0.1) is 11.3 Å². The van der Waals surface area contributed by atoms with Gasteiger partial charge in [0, 0.05) is 22.3 Å². The number of nitrogen functional groups attached to an aromatic ring is 1. The molecule has 1 aromatic heterocycles. The lowest BCUT2D eigenvalue weighted by Crippen LogP contribution is -2.26. The number of aromatic nitrogens is 1. The van der Waals surface area contributed by atoms with Gasteiger partial charge in [-0.05, 0) is 32.0 Å². The Morgan fingerprint density at radius 1 is 1.47 bits per heavy atom. The molecule has 0 saturated carbocycles. The molecule has 0 bridgehead atoms. The number of carbonyl (C=O) groups is 1. The SMILES string of the molecule is Cc1csc(C(C)NC(=O)c2cc(N)cc(F)c2)n1. The number of amides is 1. The van der Waals surface area contributed by atoms with E-state index >= 15 is 0 Å². The molecule has 2 rings (SSSR count). The van der Waals surface area contributed by atoms with Gasteiger partial charge in [-0.1, -0.05) is 0 Å². The fourth-order valence-corrected chi connectivity index (χ4v) is 2.46. The predicted octanol–water partition coefficient (Wildman–Crippen LogP) is 2.66. The maximum absolute atomic E-state index is 13.2. The lowest BCUT2D eigenvalue weighted by atomic mass is 10.1. The van der Waals surface area contributed by atoms with Crippen LogP contribution in [0.25, 0.3) is 0 Å². The summed E-state index contributed by atoms with van der Waals surface area (Å²) in [5.41, 5.74) is 6.86. The van der Waals surface area contributed by atoms with E-state index in [9.17, 15) is 9.18 Å². The number of benzene rings is 1. The fraction of sp³-hybridized carbons (Fsp3) is 0.231. The molecule has 0 aliphatic rings. The average Bonchev–Trinajstić information content (AvgIpc) is 2.74. The number of rotatable bonds is 3. The maximum atomic E-state index is 13.2. The lowest BCUT2D eigenvalue weighted by molar-refractivity contribution is 0.0939. The molecule has 1 atom stereocenters. The molecule has 0 aliphatic carbocycles. The standard InChI is InChI=1S/C13H14FN3OS/c1-7-6-19-13(16-7)8(2)17-12(18)9-3-10(14)5-11(15)4-9/h3-6,8H,15H2,1-2H3,(H,17,18). The second kappa shape index (κ2) is 5.36. The molecule has 1 heterocycles. The minimum atomic E-state index is -0.525. The van der Waals surface area contributed by atoms with Crippen LogP contribution in [0.2, 0.25) is 0 Å². The van der Waals surface area contributed by atoms with Crippen molar-refractivity contribution in [3.63, 3.8) is 0 Å². The molecular formula is C13H14FN3OS. The van der Waals surface area contributed by atoms with Gasteiger partial charge < -0.3 is 11.1 Å². The molecule has 6 heteroatoms. The summed E-state index contributed by atoms with van der Waals surface area (Å²) in [6.45, 7) is 3.72. The van der Waals surface area contributed by atoms with E-state index in [0.29, 0.717) is 0 Å². The third-order valence-corrected chi connectivity index (χ3v) is 3.68. The number of thiazole rings is 1. The summed E-state index contributed by atoms with van der Waals surface area (Å²) in [6, 6.07) is 3.55. The first-order valence-corrected chi connectivity index (χ1v) is 6.62. The van der Waals surface area contributed by atoms with Crippen LogP contribution in [0.15, 0.2) is 23.6 Å². The lowest BCUT2D eigenvalue weighted by Gasteiger charge is -2.11. The highest BCUT2D eigenvalue weighted by atomic mass is 32.1. The second-order valence-electron chi connectivity index (χ2n) is 4.30. The molecule has 3 N–H and O–H groups in total. The van der Waals surface area contributed by atoms with Crippen molar-refractivity contribution in [3.05, 3.63) is 45.7 Å². The molecule has 0 fully saturated rings. The summed E-state index contributed by atoms with van der Waals surface area (Å²) >= 11 is 1.48. The van der Waals surface area contributed by atoms with Crippen molar-refractivity contribution in [3.8, 4) is 0 Å². The van der Waals surface area contributed by atoms with Gasteiger partial charge in [0.25, 0.3) is 5.91 Å². The summed E-state index contributed by atoms with van der Waals surface area (Å²) in [4.78, 5) is 16.3. The van der Waals surface area contributed by atoms with E-state index in [4.69, 9.17) is 5.73 Å². The Kier molecular flexibility index (Phi) is 3.80. The number of carbonyl (C=O) groups excluding carboxylic acids is 1. The molecule has 0 aliphatic heterocycles. The molecule has 0 spiro atoms. The Labute approximate surface area is 114 Å². The number of nitrogens with one attached hydrogen (secondary N) is 1. The Balaban J connectivity index is 2.12. The molecule has 1 unspecified atom stereocenters. The molecule has 100 valence electrons. The summed E-state index contributed by atoms with van der Waals surface area (Å²) in [7, 11) is 0. The van der Waals surface area contributed by atoms with Gasteiger partial charge in [-0.2, -0.15) is 0 Å². The first kappa shape index (κ1) is 13.5. The highest BCUT2D eigenvalue weighted by Crippen LogP contribution is 2.18. The van der Waals surface area contributed by atoms with E-state index < -0.39 is 5.82 Å². The van der Waals surface area contributed by atoms with Crippen molar-refractivity contribution in [1.29, 1.82) is 0 Å². The van der Waals surface area contributed by atoms with Gasteiger partial charge in [0.1, 0.15) is 10.8 Å². The largest absolute Gasteiger partial charge is 0.399 e. The molecule has 0 saturated heterocycles. The van der Waals surface area contributed by atoms with Crippen molar-refractivity contribution >= 4 is 22.9 Å². The van der Waals surface area contributed by atoms with E-state index in [0.717, 1.165) is 16.8 Å². The van der Waals surface area contributed by atoms with Gasteiger partial charge in [-0.3, -0.25) is 4.79 Å². The number of aryl methyl sites for hydroxylation is 1. The van der Waals surface area contributed by atoms with E-state index in [1.165, 1.54) is 23.5 Å². The monoisotopic (exact) mass is 279 g/mol. The van der Waals surface area contributed by atoms with E-state index in [-0.39, 0.29) is 23.2 Å². The zero-order valence-corrected chi connectivity index (χ0v) is 11.4. The third-order valence-electron chi connectivity index (χ3n) is 2.54. The molecular weight excluding hydrogens is 265 g/mol. The van der Waals surface area contributed by atoms with Gasteiger partial charge in [0.2, 0.25) is 0 Å². The van der Waals surface area contributed by atoms with Gasteiger partial charge in [-0.25, -0.2) is 9.37 Å². The number of hydrogen-bond acceptors (Lipinski definition) is 4. The van der Waals surface area contributed by atoms with Crippen LogP contribution in [0.4, 0.5) is 10.1 Å². The molecule has 19 heavy (non-hydrogen) atoms. The van der Waals surface area contributed by atoms with Crippen molar-refractivity contribution < 1.29 is 9.18 Å². The highest BCUT2D eigenvalue weighted by molar-refractivity contribution is 7.09. The van der Waals surface area contributed by atoms with Crippen molar-refractivity contribution in [2.24, 2.45) is 0 Å². The number of nitrogens with zero attached hydrogens (tertiary/aromatic N) is 1. The first-order valence-electron chi connectivity index (χ1n) is 5.74. The third kappa shape index (κ3) is 3.29. The molecule has 0 radical (unpaired) electrons. The fourth-order valence-electron chi connectivity index (χ4n) is 1.66. The number of halogens is 1. The second-order valence-corrected chi connectivity index (χ2v) is 5.19. The van der Waals surface area contributed by atoms with Gasteiger partial charge >= 0.3 is 0 Å². The summed E-state index contributed by atoms with van der Waals surface area (Å²) in [6.07, 6.45) is 0. The summed E-state index contributed by atoms with van der Waals surface area (Å²) in [5.74, 6) is -0.894. The van der Waals surface area contributed by atoms with E-state index in [1.807, 2.05) is 19.2 Å². The van der Waals surface area contributed by atoms with Crippen molar-refractivity contribution in [2.75, 3.05) is 5.73 Å². The zero-order valence-electron chi connectivity index (χ0n) is 10.6. The van der Waals surface area contributed by atoms with Crippen molar-refractivity contribution in [1.82, 2.24) is 10.3 Å². The van der Waals surface area contributed by atoms with E-state index in [2.05, 4.69) is 10.3 Å². The summed E-state index contributed by atoms with van der Waals surface area (Å²) < 4.78 is 13.2. The predicted molar refractivity (Wildman–Crippen MR) is 73.5 cm³/mol. The van der Waals surface area contributed by atoms with Crippen LogP contribution in [-0.4, -0.2) is 10.9 Å². The minimum absolute atomic E-state index is 0.206. The number of hydrogen-bond donors (Lipinski definition) is 2. The van der Waals surface area contributed by atoms with Crippen LogP contribution in [0.1, 0.15) is 34.0 Å². The molecule has 1 amide bonds. The Bertz CT molecular complexity index is 591. The Morgan fingerprint density at radius 3 is 2.79 bits per heavy atom. The van der Waals surface area contributed by atoms with Crippen LogP contribution in [-0.2, 0) is 0 Å². The molecule has 4 nitrogen and oxygen atoms in total. The maximum Gasteiger partial charge on any atom is 0.252 e. The molecule has 2 aromatic rings. The molecule has 1 aromatic carbocycles.